The Balaban J connectivity index is 1.38. The zero-order chi connectivity index (χ0) is 19.6. The van der Waals surface area contributed by atoms with Gasteiger partial charge in [0.2, 0.25) is 0 Å². The molecule has 3 saturated heterocycles. The van der Waals surface area contributed by atoms with Crippen molar-refractivity contribution in [1.29, 1.82) is 0 Å². The normalized spacial score (nSPS) is 21.9. The van der Waals surface area contributed by atoms with Crippen LogP contribution in [0.4, 0.5) is 0 Å². The highest BCUT2D eigenvalue weighted by Crippen LogP contribution is 2.31. The smallest absolute Gasteiger partial charge is 0.254 e. The number of benzene rings is 1. The van der Waals surface area contributed by atoms with Crippen molar-refractivity contribution in [2.75, 3.05) is 19.6 Å². The van der Waals surface area contributed by atoms with Crippen molar-refractivity contribution in [3.8, 4) is 11.4 Å². The largest absolute Gasteiger partial charge is 0.334 e. The minimum absolute atomic E-state index is 0.0892. The van der Waals surface area contributed by atoms with Crippen LogP contribution in [0.5, 0.6) is 0 Å². The summed E-state index contributed by atoms with van der Waals surface area (Å²) in [6.07, 6.45) is 5.55. The Labute approximate surface area is 169 Å². The van der Waals surface area contributed by atoms with Gasteiger partial charge in [-0.15, -0.1) is 0 Å². The molecule has 3 aliphatic rings. The van der Waals surface area contributed by atoms with Gasteiger partial charge in [-0.3, -0.25) is 19.8 Å². The molecule has 0 radical (unpaired) electrons. The lowest BCUT2D eigenvalue weighted by atomic mass is 9.93. The van der Waals surface area contributed by atoms with E-state index >= 15 is 0 Å². The molecule has 1 amide bonds. The summed E-state index contributed by atoms with van der Waals surface area (Å²) < 4.78 is 0. The molecule has 2 aromatic heterocycles. The van der Waals surface area contributed by atoms with Crippen molar-refractivity contribution in [1.82, 2.24) is 30.0 Å². The van der Waals surface area contributed by atoms with E-state index in [2.05, 4.69) is 36.0 Å². The maximum Gasteiger partial charge on any atom is 0.254 e. The number of piperidine rings is 1. The number of amides is 1. The standard InChI is InChI=1S/C22H24N6O/c29-22(20-7-2-1-6-19(20)21-24-15-25-26-21)28-12-16-8-9-18(28)14-27(11-16)13-17-5-3-4-10-23-17/h1-7,10,15-16,18H,8-9,11-14H2,(H,24,25,26)/t16-,18+/m0/s1. The van der Waals surface area contributed by atoms with E-state index in [-0.39, 0.29) is 11.9 Å². The van der Waals surface area contributed by atoms with Gasteiger partial charge >= 0.3 is 0 Å². The van der Waals surface area contributed by atoms with E-state index < -0.39 is 0 Å². The highest BCUT2D eigenvalue weighted by molar-refractivity contribution is 6.00. The highest BCUT2D eigenvalue weighted by atomic mass is 16.2. The zero-order valence-electron chi connectivity index (χ0n) is 16.2. The van der Waals surface area contributed by atoms with Crippen LogP contribution in [0, 0.1) is 5.92 Å². The van der Waals surface area contributed by atoms with Gasteiger partial charge in [0.15, 0.2) is 5.82 Å². The highest BCUT2D eigenvalue weighted by Gasteiger charge is 2.38. The van der Waals surface area contributed by atoms with Crippen LogP contribution >= 0.6 is 0 Å². The number of carbonyl (C=O) groups is 1. The third-order valence-electron chi connectivity index (χ3n) is 5.99. The van der Waals surface area contributed by atoms with E-state index in [0.29, 0.717) is 17.3 Å². The lowest BCUT2D eigenvalue weighted by Crippen LogP contribution is -2.47. The van der Waals surface area contributed by atoms with E-state index in [1.807, 2.05) is 42.6 Å². The molecule has 0 aliphatic carbocycles. The topological polar surface area (TPSA) is 78.0 Å². The number of carbonyl (C=O) groups excluding carboxylic acids is 1. The van der Waals surface area contributed by atoms with Gasteiger partial charge in [-0.05, 0) is 37.0 Å². The molecule has 3 aromatic rings. The second-order valence-electron chi connectivity index (χ2n) is 7.95. The molecule has 2 atom stereocenters. The summed E-state index contributed by atoms with van der Waals surface area (Å²) in [6, 6.07) is 13.9. The lowest BCUT2D eigenvalue weighted by Gasteiger charge is -2.36. The van der Waals surface area contributed by atoms with Gasteiger partial charge in [-0.25, -0.2) is 4.98 Å². The first-order valence-corrected chi connectivity index (χ1v) is 10.2. The molecule has 0 spiro atoms. The maximum atomic E-state index is 13.6. The van der Waals surface area contributed by atoms with E-state index in [1.54, 1.807) is 0 Å². The van der Waals surface area contributed by atoms with Crippen LogP contribution in [-0.4, -0.2) is 61.5 Å². The van der Waals surface area contributed by atoms with Crippen molar-refractivity contribution in [3.63, 3.8) is 0 Å². The van der Waals surface area contributed by atoms with Crippen molar-refractivity contribution in [2.24, 2.45) is 5.92 Å². The molecule has 0 saturated carbocycles. The monoisotopic (exact) mass is 388 g/mol. The third kappa shape index (κ3) is 3.65. The predicted octanol–water partition coefficient (Wildman–Crippen LogP) is 2.60. The van der Waals surface area contributed by atoms with Gasteiger partial charge in [-0.2, -0.15) is 5.10 Å². The number of fused-ring (bicyclic) bond motifs is 4. The second-order valence-corrected chi connectivity index (χ2v) is 7.95. The molecule has 0 unspecified atom stereocenters. The van der Waals surface area contributed by atoms with Gasteiger partial charge in [0.25, 0.3) is 5.91 Å². The number of aromatic amines is 1. The van der Waals surface area contributed by atoms with Gasteiger partial charge in [0, 0.05) is 44.0 Å². The van der Waals surface area contributed by atoms with Crippen molar-refractivity contribution in [2.45, 2.75) is 25.4 Å². The minimum atomic E-state index is 0.0892. The molecule has 3 aliphatic heterocycles. The van der Waals surface area contributed by atoms with Crippen LogP contribution < -0.4 is 0 Å². The summed E-state index contributed by atoms with van der Waals surface area (Å²) >= 11 is 0. The molecular formula is C22H24N6O. The van der Waals surface area contributed by atoms with E-state index in [4.69, 9.17) is 0 Å². The van der Waals surface area contributed by atoms with Crippen LogP contribution in [0.15, 0.2) is 55.0 Å². The molecule has 29 heavy (non-hydrogen) atoms. The van der Waals surface area contributed by atoms with Gasteiger partial charge in [0.1, 0.15) is 6.33 Å². The summed E-state index contributed by atoms with van der Waals surface area (Å²) in [7, 11) is 0. The average molecular weight is 388 g/mol. The Hall–Kier alpha value is -3.06. The lowest BCUT2D eigenvalue weighted by molar-refractivity contribution is 0.0585. The van der Waals surface area contributed by atoms with Gasteiger partial charge in [0.05, 0.1) is 11.3 Å². The fraction of sp³-hybridized carbons (Fsp3) is 0.364. The number of pyridine rings is 1. The zero-order valence-corrected chi connectivity index (χ0v) is 16.2. The fourth-order valence-corrected chi connectivity index (χ4v) is 4.64. The average Bonchev–Trinajstić information content (AvgIpc) is 3.16. The second kappa shape index (κ2) is 7.75. The molecule has 7 heteroatoms. The summed E-state index contributed by atoms with van der Waals surface area (Å²) in [5.74, 6) is 1.22. The number of hydrogen-bond acceptors (Lipinski definition) is 5. The number of rotatable bonds is 4. The third-order valence-corrected chi connectivity index (χ3v) is 5.99. The number of nitrogens with one attached hydrogen (secondary N) is 1. The number of H-pyrrole nitrogens is 1. The van der Waals surface area contributed by atoms with Crippen LogP contribution in [0.25, 0.3) is 11.4 Å². The molecule has 6 rings (SSSR count). The number of hydrogen-bond donors (Lipinski definition) is 1. The Bertz CT molecular complexity index is 974. The quantitative estimate of drug-likeness (QED) is 0.743. The summed E-state index contributed by atoms with van der Waals surface area (Å²) in [6.45, 7) is 3.56. The molecular weight excluding hydrogens is 364 g/mol. The molecule has 3 fully saturated rings. The summed E-state index contributed by atoms with van der Waals surface area (Å²) in [5, 5.41) is 6.83. The summed E-state index contributed by atoms with van der Waals surface area (Å²) in [4.78, 5) is 26.8. The van der Waals surface area contributed by atoms with Crippen LogP contribution in [0.3, 0.4) is 0 Å². The van der Waals surface area contributed by atoms with E-state index in [0.717, 1.165) is 43.9 Å². The minimum Gasteiger partial charge on any atom is -0.334 e. The number of nitrogens with zero attached hydrogens (tertiary/aromatic N) is 5. The van der Waals surface area contributed by atoms with E-state index in [1.165, 1.54) is 12.7 Å². The first-order chi connectivity index (χ1) is 14.3. The molecule has 148 valence electrons. The van der Waals surface area contributed by atoms with Gasteiger partial charge in [-0.1, -0.05) is 24.3 Å². The molecule has 1 N–H and O–H groups in total. The predicted molar refractivity (Wildman–Crippen MR) is 109 cm³/mol. The molecule has 2 bridgehead atoms. The number of aromatic nitrogens is 4. The van der Waals surface area contributed by atoms with Gasteiger partial charge < -0.3 is 4.90 Å². The molecule has 7 nitrogen and oxygen atoms in total. The molecule has 1 aromatic carbocycles. The van der Waals surface area contributed by atoms with E-state index in [9.17, 15) is 4.79 Å². The van der Waals surface area contributed by atoms with Crippen molar-refractivity contribution >= 4 is 5.91 Å². The SMILES string of the molecule is O=C(c1ccccc1-c1ncn[nH]1)N1C[C@H]2CC[C@@H]1CN(Cc1ccccn1)C2. The Morgan fingerprint density at radius 1 is 1.03 bits per heavy atom. The Morgan fingerprint density at radius 3 is 2.76 bits per heavy atom. The fourth-order valence-electron chi connectivity index (χ4n) is 4.64. The summed E-state index contributed by atoms with van der Waals surface area (Å²) in [5.41, 5.74) is 2.58. The van der Waals surface area contributed by atoms with Crippen LogP contribution in [0.2, 0.25) is 0 Å². The molecule has 5 heterocycles. The first-order valence-electron chi connectivity index (χ1n) is 10.2. The Morgan fingerprint density at radius 2 is 1.93 bits per heavy atom. The first kappa shape index (κ1) is 18.0. The maximum absolute atomic E-state index is 13.6. The Kier molecular flexibility index (Phi) is 4.81. The van der Waals surface area contributed by atoms with Crippen LogP contribution in [0.1, 0.15) is 28.9 Å². The van der Waals surface area contributed by atoms with Crippen molar-refractivity contribution in [3.05, 3.63) is 66.2 Å². The van der Waals surface area contributed by atoms with Crippen LogP contribution in [-0.2, 0) is 6.54 Å². The van der Waals surface area contributed by atoms with Crippen molar-refractivity contribution < 1.29 is 4.79 Å².